The molecule has 0 radical (unpaired) electrons. The number of carbonyl (C=O) groups is 2. The quantitative estimate of drug-likeness (QED) is 0.150. The van der Waals surface area contributed by atoms with E-state index in [0.717, 1.165) is 47.2 Å². The Morgan fingerprint density at radius 1 is 0.870 bits per heavy atom. The summed E-state index contributed by atoms with van der Waals surface area (Å²) in [6.07, 6.45) is 3.75. The molecule has 1 unspecified atom stereocenters. The predicted octanol–water partition coefficient (Wildman–Crippen LogP) is 7.38. The van der Waals surface area contributed by atoms with Crippen molar-refractivity contribution in [2.24, 2.45) is 5.41 Å². The van der Waals surface area contributed by atoms with Crippen molar-refractivity contribution in [3.63, 3.8) is 0 Å². The molecule has 1 aliphatic carbocycles. The number of Topliss-reactive ketones (excluding diaryl/α,β-unsaturated/α-hetero) is 1. The number of nitrogens with one attached hydrogen (secondary N) is 1. The second kappa shape index (κ2) is 14.3. The van der Waals surface area contributed by atoms with Crippen molar-refractivity contribution < 1.29 is 19.1 Å². The van der Waals surface area contributed by atoms with Crippen LogP contribution in [0.2, 0.25) is 0 Å². The molecule has 0 saturated heterocycles. The van der Waals surface area contributed by atoms with Crippen LogP contribution in [0.3, 0.4) is 0 Å². The van der Waals surface area contributed by atoms with Crippen molar-refractivity contribution in [3.8, 4) is 6.07 Å². The molecule has 1 fully saturated rings. The first kappa shape index (κ1) is 32.9. The molecule has 5 rings (SSSR count). The van der Waals surface area contributed by atoms with Crippen molar-refractivity contribution in [1.29, 1.82) is 5.26 Å². The number of hydrogen-bond donors (Lipinski definition) is 2. The third kappa shape index (κ3) is 6.57. The third-order valence-corrected chi connectivity index (χ3v) is 13.6. The molecule has 236 valence electrons. The van der Waals surface area contributed by atoms with E-state index in [1.807, 2.05) is 97.9 Å². The second-order valence-electron chi connectivity index (χ2n) is 12.4. The minimum atomic E-state index is -3.09. The molecule has 1 aliphatic rings. The number of amides is 1. The monoisotopic (exact) mass is 634 g/mol. The first-order valence-electron chi connectivity index (χ1n) is 15.9. The zero-order chi connectivity index (χ0) is 32.6. The summed E-state index contributed by atoms with van der Waals surface area (Å²) in [7, 11) is 0. The molecule has 0 aromatic heterocycles. The average molecular weight is 635 g/mol. The van der Waals surface area contributed by atoms with Gasteiger partial charge in [-0.3, -0.25) is 4.79 Å². The highest BCUT2D eigenvalue weighted by atomic mass is 31.2. The topological polar surface area (TPSA) is 90.2 Å². The number of halogens is 1. The highest BCUT2D eigenvalue weighted by Crippen LogP contribution is 2.52. The van der Waals surface area contributed by atoms with Crippen molar-refractivity contribution >= 4 is 40.0 Å². The summed E-state index contributed by atoms with van der Waals surface area (Å²) in [5.41, 5.74) is -0.966. The fourth-order valence-corrected chi connectivity index (χ4v) is 11.4. The number of rotatable bonds is 13. The maximum absolute atomic E-state index is 15.5. The first-order valence-corrected chi connectivity index (χ1v) is 17.7. The molecule has 0 heterocycles. The summed E-state index contributed by atoms with van der Waals surface area (Å²) in [6, 6.07) is 37.9. The Kier molecular flexibility index (Phi) is 10.2. The fraction of sp³-hybridized carbons (Fsp3) is 0.282. The molecule has 4 aromatic rings. The van der Waals surface area contributed by atoms with Crippen LogP contribution in [0, 0.1) is 22.6 Å². The molecule has 4 aromatic carbocycles. The van der Waals surface area contributed by atoms with Crippen molar-refractivity contribution in [3.05, 3.63) is 127 Å². The molecule has 0 bridgehead atoms. The first-order chi connectivity index (χ1) is 22.3. The van der Waals surface area contributed by atoms with Gasteiger partial charge in [0.1, 0.15) is 22.7 Å². The van der Waals surface area contributed by atoms with Crippen LogP contribution in [0.5, 0.6) is 0 Å². The Morgan fingerprint density at radius 2 is 1.37 bits per heavy atom. The van der Waals surface area contributed by atoms with Gasteiger partial charge in [-0.25, -0.2) is 9.18 Å². The van der Waals surface area contributed by atoms with Gasteiger partial charge in [0.2, 0.25) is 0 Å². The molecule has 1 saturated carbocycles. The van der Waals surface area contributed by atoms with Gasteiger partial charge in [-0.2, -0.15) is 5.26 Å². The number of carbonyl (C=O) groups excluding carboxylic acids is 1. The smallest absolute Gasteiger partial charge is 0.405 e. The van der Waals surface area contributed by atoms with Crippen LogP contribution in [0.15, 0.2) is 115 Å². The van der Waals surface area contributed by atoms with E-state index in [2.05, 4.69) is 11.4 Å². The van der Waals surface area contributed by atoms with Gasteiger partial charge < -0.3 is 10.4 Å². The second-order valence-corrected chi connectivity index (χ2v) is 15.8. The van der Waals surface area contributed by atoms with E-state index >= 15 is 4.79 Å². The van der Waals surface area contributed by atoms with Gasteiger partial charge in [-0.15, -0.1) is 0 Å². The molecule has 46 heavy (non-hydrogen) atoms. The highest BCUT2D eigenvalue weighted by Gasteiger charge is 2.51. The van der Waals surface area contributed by atoms with E-state index in [4.69, 9.17) is 0 Å². The number of ketones is 1. The zero-order valence-corrected chi connectivity index (χ0v) is 27.1. The van der Waals surface area contributed by atoms with Crippen LogP contribution >= 0.6 is 6.89 Å². The summed E-state index contributed by atoms with van der Waals surface area (Å²) < 4.78 is 13.8. The van der Waals surface area contributed by atoms with E-state index in [9.17, 15) is 19.6 Å². The normalized spacial score (nSPS) is 15.1. The number of carboxylic acid groups (broad SMARTS) is 1. The Balaban J connectivity index is 1.81. The third-order valence-electron chi connectivity index (χ3n) is 9.41. The molecule has 7 heteroatoms. The van der Waals surface area contributed by atoms with Crippen molar-refractivity contribution in [1.82, 2.24) is 5.32 Å². The largest absolute Gasteiger partial charge is 0.465 e. The molecule has 0 spiro atoms. The minimum absolute atomic E-state index is 0.0807. The van der Waals surface area contributed by atoms with Gasteiger partial charge in [0.25, 0.3) is 0 Å². The van der Waals surface area contributed by atoms with E-state index in [1.165, 1.54) is 12.1 Å². The number of hydrogen-bond acceptors (Lipinski definition) is 3. The number of unbranched alkanes of at least 4 members (excludes halogenated alkanes) is 1. The SMILES string of the molecule is CCCCC(CC1(Cc2ccc(F)cc2)CCC1)(NC(=O)O)C(=O)C(C#N)=P(c1ccccc1)(c1ccccc1)c1ccccc1. The van der Waals surface area contributed by atoms with Gasteiger partial charge in [0.15, 0.2) is 5.78 Å². The van der Waals surface area contributed by atoms with E-state index in [-0.39, 0.29) is 29.4 Å². The average Bonchev–Trinajstić information content (AvgIpc) is 3.06. The molecular formula is C39H40FN2O3P. The van der Waals surface area contributed by atoms with Crippen LogP contribution in [0.25, 0.3) is 0 Å². The van der Waals surface area contributed by atoms with E-state index < -0.39 is 24.3 Å². The van der Waals surface area contributed by atoms with Gasteiger partial charge >= 0.3 is 6.09 Å². The van der Waals surface area contributed by atoms with Crippen LogP contribution in [-0.2, 0) is 11.2 Å². The lowest BCUT2D eigenvalue weighted by molar-refractivity contribution is -0.121. The lowest BCUT2D eigenvalue weighted by atomic mass is 9.58. The van der Waals surface area contributed by atoms with E-state index in [1.54, 1.807) is 12.1 Å². The number of benzene rings is 4. The zero-order valence-electron chi connectivity index (χ0n) is 26.2. The molecule has 0 aliphatic heterocycles. The fourth-order valence-electron chi connectivity index (χ4n) is 7.19. The van der Waals surface area contributed by atoms with Crippen molar-refractivity contribution in [2.45, 2.75) is 63.8 Å². The minimum Gasteiger partial charge on any atom is -0.465 e. The maximum Gasteiger partial charge on any atom is 0.405 e. The maximum atomic E-state index is 15.5. The number of nitrogens with zero attached hydrogens (tertiary/aromatic N) is 1. The summed E-state index contributed by atoms with van der Waals surface area (Å²) in [5.74, 6) is -0.774. The summed E-state index contributed by atoms with van der Waals surface area (Å²) >= 11 is 0. The summed E-state index contributed by atoms with van der Waals surface area (Å²) in [4.78, 5) is 28.2. The standard InChI is InChI=1S/C39H40FN2O3P/c1-2-3-26-39(42-37(44)45,29-38(24-13-25-38)27-30-20-22-31(40)23-21-30)36(43)35(28-41)46(32-14-7-4-8-15-32,33-16-9-5-10-17-33)34-18-11-6-12-19-34/h4-12,14-23,42H,2-3,13,24-27,29H2,1H3,(H,44,45). The van der Waals surface area contributed by atoms with Gasteiger partial charge in [0.05, 0.1) is 0 Å². The summed E-state index contributed by atoms with van der Waals surface area (Å²) in [5, 5.41) is 26.9. The molecule has 1 amide bonds. The molecule has 5 nitrogen and oxygen atoms in total. The lowest BCUT2D eigenvalue weighted by Crippen LogP contribution is -2.60. The lowest BCUT2D eigenvalue weighted by Gasteiger charge is -2.49. The highest BCUT2D eigenvalue weighted by molar-refractivity contribution is 7.97. The Hall–Kier alpha value is -4.46. The predicted molar refractivity (Wildman–Crippen MR) is 185 cm³/mol. The van der Waals surface area contributed by atoms with Crippen molar-refractivity contribution in [2.75, 3.05) is 0 Å². The molecule has 1 atom stereocenters. The van der Waals surface area contributed by atoms with Gasteiger partial charge in [0, 0.05) is 0 Å². The Labute approximate surface area is 271 Å². The Bertz CT molecular complexity index is 1640. The summed E-state index contributed by atoms with van der Waals surface area (Å²) in [6.45, 7) is -1.08. The van der Waals surface area contributed by atoms with Crippen LogP contribution in [-0.4, -0.2) is 27.8 Å². The van der Waals surface area contributed by atoms with Crippen LogP contribution in [0.4, 0.5) is 9.18 Å². The molecule has 2 N–H and O–H groups in total. The van der Waals surface area contributed by atoms with Crippen LogP contribution < -0.4 is 21.2 Å². The number of nitriles is 1. The Morgan fingerprint density at radius 3 is 1.76 bits per heavy atom. The molecular weight excluding hydrogens is 594 g/mol. The van der Waals surface area contributed by atoms with Gasteiger partial charge in [-0.1, -0.05) is 129 Å². The van der Waals surface area contributed by atoms with Gasteiger partial charge in [-0.05, 0) is 78.0 Å². The van der Waals surface area contributed by atoms with E-state index in [0.29, 0.717) is 12.8 Å². The van der Waals surface area contributed by atoms with Crippen LogP contribution in [0.1, 0.15) is 57.4 Å².